The van der Waals surface area contributed by atoms with Crippen LogP contribution in [0.1, 0.15) is 18.5 Å². The molecule has 1 atom stereocenters. The number of aromatic amines is 1. The Morgan fingerprint density at radius 3 is 2.55 bits per heavy atom. The molecule has 3 heterocycles. The Labute approximate surface area is 191 Å². The van der Waals surface area contributed by atoms with Crippen LogP contribution in [0.5, 0.6) is 17.2 Å². The van der Waals surface area contributed by atoms with Crippen molar-refractivity contribution in [2.45, 2.75) is 30.1 Å². The summed E-state index contributed by atoms with van der Waals surface area (Å²) in [6, 6.07) is 12.3. The van der Waals surface area contributed by atoms with Gasteiger partial charge in [0.1, 0.15) is 29.0 Å². The molecule has 2 aliphatic rings. The lowest BCUT2D eigenvalue weighted by Gasteiger charge is -2.12. The van der Waals surface area contributed by atoms with E-state index in [0.717, 1.165) is 36.0 Å². The number of aliphatic hydroxyl groups excluding tert-OH is 1. The van der Waals surface area contributed by atoms with Crippen molar-refractivity contribution in [3.05, 3.63) is 54.4 Å². The van der Waals surface area contributed by atoms with Crippen LogP contribution in [0.3, 0.4) is 0 Å². The molecule has 9 nitrogen and oxygen atoms in total. The molecule has 33 heavy (non-hydrogen) atoms. The summed E-state index contributed by atoms with van der Waals surface area (Å²) in [6.45, 7) is 0.344. The number of ether oxygens (including phenoxy) is 3. The molecule has 172 valence electrons. The van der Waals surface area contributed by atoms with Gasteiger partial charge in [-0.05, 0) is 49.2 Å². The van der Waals surface area contributed by atoms with E-state index >= 15 is 0 Å². The van der Waals surface area contributed by atoms with Crippen molar-refractivity contribution in [1.82, 2.24) is 9.97 Å². The second-order valence-corrected chi connectivity index (χ2v) is 10.0. The van der Waals surface area contributed by atoms with Crippen LogP contribution in [-0.4, -0.2) is 61.0 Å². The lowest BCUT2D eigenvalue weighted by atomic mass is 10.1. The van der Waals surface area contributed by atoms with E-state index in [1.807, 2.05) is 24.3 Å². The minimum Gasteiger partial charge on any atom is -0.490 e. The van der Waals surface area contributed by atoms with Crippen LogP contribution in [0.4, 0.5) is 0 Å². The number of benzene rings is 1. The van der Waals surface area contributed by atoms with E-state index in [9.17, 15) is 13.5 Å². The van der Waals surface area contributed by atoms with Crippen molar-refractivity contribution in [3.63, 3.8) is 0 Å². The third kappa shape index (κ3) is 5.01. The topological polar surface area (TPSA) is 123 Å². The summed E-state index contributed by atoms with van der Waals surface area (Å²) in [4.78, 5) is 11.6. The normalized spacial score (nSPS) is 18.0. The quantitative estimate of drug-likeness (QED) is 0.520. The average molecular weight is 470 g/mol. The smallest absolute Gasteiger partial charge is 0.233 e. The molecule has 10 heteroatoms. The van der Waals surface area contributed by atoms with Gasteiger partial charge in [0.15, 0.2) is 14.9 Å². The number of aliphatic imine (C=N–C) groups is 1. The highest BCUT2D eigenvalue weighted by Gasteiger charge is 2.25. The highest BCUT2D eigenvalue weighted by molar-refractivity contribution is 7.90. The van der Waals surface area contributed by atoms with Crippen LogP contribution >= 0.6 is 0 Å². The predicted octanol–water partition coefficient (Wildman–Crippen LogP) is 2.95. The number of rotatable bonds is 8. The van der Waals surface area contributed by atoms with E-state index in [2.05, 4.69) is 15.0 Å². The van der Waals surface area contributed by atoms with Crippen LogP contribution in [0, 0.1) is 0 Å². The Kier molecular flexibility index (Phi) is 5.55. The molecular weight excluding hydrogens is 446 g/mol. The first-order valence-corrected chi connectivity index (χ1v) is 12.4. The van der Waals surface area contributed by atoms with Gasteiger partial charge in [0.05, 0.1) is 25.5 Å². The molecule has 2 aromatic heterocycles. The Morgan fingerprint density at radius 1 is 1.09 bits per heavy atom. The first-order valence-electron chi connectivity index (χ1n) is 10.5. The number of pyridine rings is 1. The molecular formula is C23H23N3O6S. The Hall–Kier alpha value is -3.37. The van der Waals surface area contributed by atoms with Gasteiger partial charge >= 0.3 is 0 Å². The number of hydrogen-bond donors (Lipinski definition) is 2. The molecule has 0 amide bonds. The molecule has 1 aliphatic heterocycles. The van der Waals surface area contributed by atoms with E-state index in [-0.39, 0.29) is 23.8 Å². The minimum atomic E-state index is -3.38. The molecule has 0 bridgehead atoms. The summed E-state index contributed by atoms with van der Waals surface area (Å²) in [7, 11) is -3.38. The lowest BCUT2D eigenvalue weighted by Crippen LogP contribution is -2.17. The lowest BCUT2D eigenvalue weighted by molar-refractivity contribution is 0.130. The van der Waals surface area contributed by atoms with Crippen molar-refractivity contribution in [1.29, 1.82) is 0 Å². The summed E-state index contributed by atoms with van der Waals surface area (Å²) in [6.07, 6.45) is 4.42. The number of hydrogen-bond acceptors (Lipinski definition) is 8. The first kappa shape index (κ1) is 21.5. The van der Waals surface area contributed by atoms with Gasteiger partial charge in [0.2, 0.25) is 5.90 Å². The van der Waals surface area contributed by atoms with E-state index in [1.54, 1.807) is 12.1 Å². The Bertz CT molecular complexity index is 1300. The second kappa shape index (κ2) is 8.53. The number of H-pyrrole nitrogens is 1. The summed E-state index contributed by atoms with van der Waals surface area (Å²) in [5, 5.41) is 9.24. The Balaban J connectivity index is 1.41. The molecule has 1 fully saturated rings. The number of sulfone groups is 1. The van der Waals surface area contributed by atoms with Crippen LogP contribution in [0.2, 0.25) is 0 Å². The number of aliphatic hydroxyl groups is 1. The van der Waals surface area contributed by atoms with E-state index in [4.69, 9.17) is 14.2 Å². The van der Waals surface area contributed by atoms with Crippen molar-refractivity contribution < 1.29 is 27.7 Å². The minimum absolute atomic E-state index is 0.0132. The highest BCUT2D eigenvalue weighted by atomic mass is 32.2. The average Bonchev–Trinajstić information content (AvgIpc) is 3.26. The maximum Gasteiger partial charge on any atom is 0.233 e. The van der Waals surface area contributed by atoms with Gasteiger partial charge in [-0.2, -0.15) is 0 Å². The van der Waals surface area contributed by atoms with Gasteiger partial charge in [-0.1, -0.05) is 0 Å². The largest absolute Gasteiger partial charge is 0.490 e. The van der Waals surface area contributed by atoms with Crippen LogP contribution < -0.4 is 9.47 Å². The van der Waals surface area contributed by atoms with Crippen molar-refractivity contribution in [3.8, 4) is 28.5 Å². The van der Waals surface area contributed by atoms with Crippen molar-refractivity contribution in [2.24, 2.45) is 4.99 Å². The fourth-order valence-electron chi connectivity index (χ4n) is 3.36. The highest BCUT2D eigenvalue weighted by Crippen LogP contribution is 2.35. The fourth-order valence-corrected chi connectivity index (χ4v) is 3.92. The summed E-state index contributed by atoms with van der Waals surface area (Å²) in [5.74, 6) is 2.09. The first-order chi connectivity index (χ1) is 15.9. The van der Waals surface area contributed by atoms with Gasteiger partial charge < -0.3 is 24.3 Å². The molecule has 0 radical (unpaired) electrons. The van der Waals surface area contributed by atoms with Gasteiger partial charge in [-0.25, -0.2) is 18.4 Å². The van der Waals surface area contributed by atoms with Gasteiger partial charge in [0, 0.05) is 23.6 Å². The summed E-state index contributed by atoms with van der Waals surface area (Å²) < 4.78 is 40.9. The molecule has 1 aliphatic carbocycles. The van der Waals surface area contributed by atoms with Gasteiger partial charge in [-0.15, -0.1) is 0 Å². The molecule has 2 N–H and O–H groups in total. The zero-order valence-corrected chi connectivity index (χ0v) is 18.7. The van der Waals surface area contributed by atoms with Crippen LogP contribution in [-0.2, 0) is 14.6 Å². The van der Waals surface area contributed by atoms with Gasteiger partial charge in [-0.3, -0.25) is 0 Å². The zero-order chi connectivity index (χ0) is 23.0. The third-order valence-electron chi connectivity index (χ3n) is 5.18. The van der Waals surface area contributed by atoms with Crippen LogP contribution in [0.25, 0.3) is 11.3 Å². The fraction of sp³-hybridized carbons (Fsp3) is 0.304. The molecule has 0 saturated heterocycles. The summed E-state index contributed by atoms with van der Waals surface area (Å²) >= 11 is 0. The maximum atomic E-state index is 11.6. The monoisotopic (exact) mass is 469 g/mol. The molecule has 0 unspecified atom stereocenters. The third-order valence-corrected chi connectivity index (χ3v) is 6.18. The van der Waals surface area contributed by atoms with E-state index in [0.29, 0.717) is 29.7 Å². The molecule has 3 aromatic rings. The van der Waals surface area contributed by atoms with E-state index < -0.39 is 9.84 Å². The van der Waals surface area contributed by atoms with Gasteiger partial charge in [0.25, 0.3) is 0 Å². The standard InChI is InChI=1S/C23H23N3O6S/c1-33(28,29)22-7-4-16(11-24-22)31-18-9-14(8-17(10-18)30-15-2-3-15)20-5-6-21(26-20)23-25-12-19(13-27)32-23/h4-11,15,19,26-27H,2-3,12-13H2,1H3/t19-/m1/s1. The molecule has 1 aromatic carbocycles. The molecule has 0 spiro atoms. The molecule has 1 saturated carbocycles. The van der Waals surface area contributed by atoms with Crippen LogP contribution in [0.15, 0.2) is 58.7 Å². The maximum absolute atomic E-state index is 11.6. The number of nitrogens with zero attached hydrogens (tertiary/aromatic N) is 2. The second-order valence-electron chi connectivity index (χ2n) is 8.07. The zero-order valence-electron chi connectivity index (χ0n) is 17.9. The number of aromatic nitrogens is 2. The predicted molar refractivity (Wildman–Crippen MR) is 121 cm³/mol. The van der Waals surface area contributed by atoms with Crippen molar-refractivity contribution in [2.75, 3.05) is 19.4 Å². The molecule has 5 rings (SSSR count). The number of nitrogens with one attached hydrogen (secondary N) is 1. The summed E-state index contributed by atoms with van der Waals surface area (Å²) in [5.41, 5.74) is 2.38. The Morgan fingerprint density at radius 2 is 1.88 bits per heavy atom. The van der Waals surface area contributed by atoms with Crippen molar-refractivity contribution >= 4 is 15.7 Å². The van der Waals surface area contributed by atoms with E-state index in [1.165, 1.54) is 12.3 Å². The SMILES string of the molecule is CS(=O)(=O)c1ccc(Oc2cc(OC3CC3)cc(-c3ccc(C4=NC[C@H](CO)O4)[nH]3)c2)cn1.